The fourth-order valence-corrected chi connectivity index (χ4v) is 3.97. The van der Waals surface area contributed by atoms with Gasteiger partial charge in [0.05, 0.1) is 12.7 Å². The van der Waals surface area contributed by atoms with E-state index in [2.05, 4.69) is 9.56 Å². The zero-order chi connectivity index (χ0) is 19.1. The van der Waals surface area contributed by atoms with Crippen LogP contribution in [-0.4, -0.2) is 33.5 Å². The number of nitrogens with zero attached hydrogens (tertiary/aromatic N) is 3. The summed E-state index contributed by atoms with van der Waals surface area (Å²) in [5, 5.41) is 10.7. The van der Waals surface area contributed by atoms with E-state index < -0.39 is 0 Å². The summed E-state index contributed by atoms with van der Waals surface area (Å²) in [5.41, 5.74) is 4.17. The third-order valence-corrected chi connectivity index (χ3v) is 5.35. The number of hydrogen-bond acceptors (Lipinski definition) is 4. The molecular weight excluding hydrogens is 360 g/mol. The predicted octanol–water partition coefficient (Wildman–Crippen LogP) is 3.88. The van der Waals surface area contributed by atoms with E-state index in [1.54, 1.807) is 24.3 Å². The number of amidine groups is 2. The van der Waals surface area contributed by atoms with Crippen molar-refractivity contribution in [2.75, 3.05) is 7.11 Å². The van der Waals surface area contributed by atoms with Crippen LogP contribution in [0.4, 0.5) is 0 Å². The minimum atomic E-state index is -0.381. The molecule has 1 aromatic carbocycles. The van der Waals surface area contributed by atoms with Crippen LogP contribution in [-0.2, 0) is 4.79 Å². The van der Waals surface area contributed by atoms with Gasteiger partial charge in [0.15, 0.2) is 5.17 Å². The van der Waals surface area contributed by atoms with Gasteiger partial charge in [-0.3, -0.25) is 15.1 Å². The van der Waals surface area contributed by atoms with Gasteiger partial charge in [-0.25, -0.2) is 0 Å². The Labute approximate surface area is 161 Å². The number of fused-ring (bicyclic) bond motifs is 1. The van der Waals surface area contributed by atoms with Gasteiger partial charge in [0.25, 0.3) is 5.91 Å². The predicted molar refractivity (Wildman–Crippen MR) is 109 cm³/mol. The number of carbonyl (C=O) groups is 1. The molecule has 4 rings (SSSR count). The van der Waals surface area contributed by atoms with Gasteiger partial charge in [-0.05, 0) is 49.1 Å². The monoisotopic (exact) mass is 378 g/mol. The Morgan fingerprint density at radius 1 is 1.26 bits per heavy atom. The van der Waals surface area contributed by atoms with Crippen molar-refractivity contribution in [1.82, 2.24) is 9.47 Å². The van der Waals surface area contributed by atoms with E-state index >= 15 is 0 Å². The van der Waals surface area contributed by atoms with Crippen LogP contribution in [0.5, 0.6) is 5.75 Å². The van der Waals surface area contributed by atoms with E-state index in [4.69, 9.17) is 10.1 Å². The number of carbonyl (C=O) groups excluding carboxylic acids is 1. The largest absolute Gasteiger partial charge is 0.497 e. The van der Waals surface area contributed by atoms with E-state index in [-0.39, 0.29) is 17.3 Å². The Bertz CT molecular complexity index is 1060. The maximum absolute atomic E-state index is 12.4. The van der Waals surface area contributed by atoms with Crippen molar-refractivity contribution in [3.63, 3.8) is 0 Å². The summed E-state index contributed by atoms with van der Waals surface area (Å²) in [6.07, 6.45) is 3.51. The Balaban J connectivity index is 1.78. The number of methoxy groups -OCH3 is 1. The SMILES string of the molecule is COc1cccc(-n2c(C)cc(C=C3C(=N)N4C=CSC4=NC3=O)c2C)c1. The number of thioether (sulfide) groups is 1. The normalized spacial score (nSPS) is 17.5. The van der Waals surface area contributed by atoms with Gasteiger partial charge in [0, 0.05) is 29.3 Å². The van der Waals surface area contributed by atoms with Gasteiger partial charge in [0.2, 0.25) is 0 Å². The van der Waals surface area contributed by atoms with E-state index in [1.807, 2.05) is 49.6 Å². The van der Waals surface area contributed by atoms with Gasteiger partial charge in [-0.1, -0.05) is 17.8 Å². The number of nitrogens with one attached hydrogen (secondary N) is 1. The van der Waals surface area contributed by atoms with Gasteiger partial charge in [-0.2, -0.15) is 4.99 Å². The molecule has 7 heteroatoms. The number of ether oxygens (including phenoxy) is 1. The minimum absolute atomic E-state index is 0.150. The Morgan fingerprint density at radius 2 is 2.07 bits per heavy atom. The Kier molecular flexibility index (Phi) is 4.24. The number of aryl methyl sites for hydroxylation is 1. The van der Waals surface area contributed by atoms with Gasteiger partial charge < -0.3 is 9.30 Å². The molecular formula is C20H18N4O2S. The van der Waals surface area contributed by atoms with Crippen LogP contribution in [0.1, 0.15) is 17.0 Å². The zero-order valence-electron chi connectivity index (χ0n) is 15.2. The van der Waals surface area contributed by atoms with E-state index in [9.17, 15) is 4.79 Å². The molecule has 2 aromatic rings. The van der Waals surface area contributed by atoms with Crippen molar-refractivity contribution in [1.29, 1.82) is 5.41 Å². The summed E-state index contributed by atoms with van der Waals surface area (Å²) in [4.78, 5) is 18.1. The first-order chi connectivity index (χ1) is 13.0. The van der Waals surface area contributed by atoms with Crippen molar-refractivity contribution < 1.29 is 9.53 Å². The lowest BCUT2D eigenvalue weighted by atomic mass is 10.1. The number of hydrogen-bond donors (Lipinski definition) is 1. The molecule has 0 spiro atoms. The lowest BCUT2D eigenvalue weighted by molar-refractivity contribution is -0.114. The average Bonchev–Trinajstić information content (AvgIpc) is 3.23. The molecule has 0 saturated heterocycles. The molecule has 0 fully saturated rings. The summed E-state index contributed by atoms with van der Waals surface area (Å²) in [6, 6.07) is 9.83. The van der Waals surface area contributed by atoms with Crippen LogP contribution >= 0.6 is 11.8 Å². The van der Waals surface area contributed by atoms with E-state index in [1.165, 1.54) is 11.8 Å². The number of rotatable bonds is 3. The number of amides is 1. The molecule has 0 bridgehead atoms. The van der Waals surface area contributed by atoms with Crippen LogP contribution in [0, 0.1) is 19.3 Å². The van der Waals surface area contributed by atoms with Crippen molar-refractivity contribution >= 4 is 34.7 Å². The lowest BCUT2D eigenvalue weighted by Gasteiger charge is -2.22. The third kappa shape index (κ3) is 2.90. The first kappa shape index (κ1) is 17.4. The minimum Gasteiger partial charge on any atom is -0.497 e. The van der Waals surface area contributed by atoms with Crippen molar-refractivity contribution in [3.05, 3.63) is 64.5 Å². The summed E-state index contributed by atoms with van der Waals surface area (Å²) < 4.78 is 7.43. The molecule has 0 unspecified atom stereocenters. The lowest BCUT2D eigenvalue weighted by Crippen LogP contribution is -2.35. The summed E-state index contributed by atoms with van der Waals surface area (Å²) in [6.45, 7) is 4.01. The second-order valence-corrected chi connectivity index (χ2v) is 7.12. The van der Waals surface area contributed by atoms with Crippen LogP contribution < -0.4 is 4.74 Å². The van der Waals surface area contributed by atoms with Gasteiger partial charge in [-0.15, -0.1) is 0 Å². The van der Waals surface area contributed by atoms with Crippen molar-refractivity contribution in [3.8, 4) is 11.4 Å². The molecule has 3 heterocycles. The highest BCUT2D eigenvalue weighted by molar-refractivity contribution is 8.16. The molecule has 1 aromatic heterocycles. The van der Waals surface area contributed by atoms with Gasteiger partial charge in [0.1, 0.15) is 11.6 Å². The van der Waals surface area contributed by atoms with Gasteiger partial charge >= 0.3 is 0 Å². The van der Waals surface area contributed by atoms with Crippen molar-refractivity contribution in [2.45, 2.75) is 13.8 Å². The summed E-state index contributed by atoms with van der Waals surface area (Å²) >= 11 is 1.34. The second-order valence-electron chi connectivity index (χ2n) is 6.24. The molecule has 0 atom stereocenters. The zero-order valence-corrected chi connectivity index (χ0v) is 16.0. The highest BCUT2D eigenvalue weighted by Gasteiger charge is 2.31. The molecule has 6 nitrogen and oxygen atoms in total. The van der Waals surface area contributed by atoms with Crippen LogP contribution in [0.25, 0.3) is 11.8 Å². The topological polar surface area (TPSA) is 70.7 Å². The maximum Gasteiger partial charge on any atom is 0.283 e. The fourth-order valence-electron chi connectivity index (χ4n) is 3.27. The molecule has 27 heavy (non-hydrogen) atoms. The summed E-state index contributed by atoms with van der Waals surface area (Å²) in [7, 11) is 1.64. The number of benzene rings is 1. The first-order valence-corrected chi connectivity index (χ1v) is 9.27. The quantitative estimate of drug-likeness (QED) is 0.823. The molecule has 0 radical (unpaired) electrons. The first-order valence-electron chi connectivity index (χ1n) is 8.39. The van der Waals surface area contributed by atoms with Crippen LogP contribution in [0.15, 0.2) is 52.5 Å². The highest BCUT2D eigenvalue weighted by atomic mass is 32.2. The Morgan fingerprint density at radius 3 is 2.85 bits per heavy atom. The standard InChI is InChI=1S/C20H18N4O2S/c1-12-9-14(13(2)24(12)15-5-4-6-16(11-15)26-3)10-17-18(21)23-7-8-27-20(23)22-19(17)25/h4-11,21H,1-3H3. The highest BCUT2D eigenvalue weighted by Crippen LogP contribution is 2.29. The molecule has 0 saturated carbocycles. The smallest absolute Gasteiger partial charge is 0.283 e. The number of aliphatic imine (C=N–C) groups is 1. The molecule has 1 N–H and O–H groups in total. The molecule has 136 valence electrons. The average molecular weight is 378 g/mol. The second kappa shape index (κ2) is 6.59. The molecule has 0 aliphatic carbocycles. The summed E-state index contributed by atoms with van der Waals surface area (Å²) in [5.74, 6) is 0.551. The maximum atomic E-state index is 12.4. The van der Waals surface area contributed by atoms with E-state index in [0.717, 1.165) is 28.4 Å². The third-order valence-electron chi connectivity index (χ3n) is 4.59. The van der Waals surface area contributed by atoms with Crippen LogP contribution in [0.2, 0.25) is 0 Å². The van der Waals surface area contributed by atoms with E-state index in [0.29, 0.717) is 5.17 Å². The Hall–Kier alpha value is -3.06. The number of aromatic nitrogens is 1. The van der Waals surface area contributed by atoms with Crippen LogP contribution in [0.3, 0.4) is 0 Å². The molecule has 2 aliphatic rings. The fraction of sp³-hybridized carbons (Fsp3) is 0.150. The van der Waals surface area contributed by atoms with Crippen molar-refractivity contribution in [2.24, 2.45) is 4.99 Å². The molecule has 2 aliphatic heterocycles. The molecule has 1 amide bonds.